The summed E-state index contributed by atoms with van der Waals surface area (Å²) in [5.41, 5.74) is 2.00. The van der Waals surface area contributed by atoms with Gasteiger partial charge in [-0.2, -0.15) is 0 Å². The molecule has 5 nitrogen and oxygen atoms in total. The van der Waals surface area contributed by atoms with Crippen LogP contribution in [0.2, 0.25) is 0 Å². The third kappa shape index (κ3) is 2.78. The van der Waals surface area contributed by atoms with E-state index in [-0.39, 0.29) is 5.91 Å². The average Bonchev–Trinajstić information content (AvgIpc) is 2.40. The number of nitrogens with zero attached hydrogens (tertiary/aromatic N) is 2. The molecule has 0 spiro atoms. The molecule has 2 N–H and O–H groups in total. The molecule has 0 radical (unpaired) electrons. The lowest BCUT2D eigenvalue weighted by molar-refractivity contribution is 0.102. The fourth-order valence-corrected chi connectivity index (χ4v) is 1.37. The van der Waals surface area contributed by atoms with E-state index in [1.165, 1.54) is 12.5 Å². The van der Waals surface area contributed by atoms with Gasteiger partial charge >= 0.3 is 0 Å². The van der Waals surface area contributed by atoms with Crippen LogP contribution in [0.1, 0.15) is 10.5 Å². The second-order valence-electron chi connectivity index (χ2n) is 3.38. The summed E-state index contributed by atoms with van der Waals surface area (Å²) in [6.07, 6.45) is 2.88. The van der Waals surface area contributed by atoms with E-state index in [0.29, 0.717) is 5.69 Å². The van der Waals surface area contributed by atoms with Crippen LogP contribution in [0, 0.1) is 0 Å². The van der Waals surface area contributed by atoms with Gasteiger partial charge in [-0.25, -0.2) is 9.97 Å². The Bertz CT molecular complexity index is 513. The first kappa shape index (κ1) is 11.1. The Labute approximate surface area is 98.9 Å². The van der Waals surface area contributed by atoms with Crippen LogP contribution in [-0.4, -0.2) is 22.9 Å². The van der Waals surface area contributed by atoms with Gasteiger partial charge in [-0.05, 0) is 24.3 Å². The highest BCUT2D eigenvalue weighted by Gasteiger charge is 2.06. The van der Waals surface area contributed by atoms with Gasteiger partial charge in [0.1, 0.15) is 12.0 Å². The second kappa shape index (κ2) is 5.07. The first-order valence-electron chi connectivity index (χ1n) is 5.15. The van der Waals surface area contributed by atoms with Crippen LogP contribution in [-0.2, 0) is 0 Å². The number of anilines is 2. The number of carbonyl (C=O) groups excluding carboxylic acids is 1. The molecule has 0 saturated carbocycles. The molecular formula is C12H12N4O. The minimum Gasteiger partial charge on any atom is -0.388 e. The summed E-state index contributed by atoms with van der Waals surface area (Å²) < 4.78 is 0. The van der Waals surface area contributed by atoms with Crippen LogP contribution >= 0.6 is 0 Å². The summed E-state index contributed by atoms with van der Waals surface area (Å²) in [7, 11) is 1.82. The van der Waals surface area contributed by atoms with Crippen molar-refractivity contribution in [1.29, 1.82) is 0 Å². The van der Waals surface area contributed by atoms with Crippen molar-refractivity contribution in [3.05, 3.63) is 48.5 Å². The summed E-state index contributed by atoms with van der Waals surface area (Å²) in [4.78, 5) is 19.4. The van der Waals surface area contributed by atoms with Gasteiger partial charge in [-0.3, -0.25) is 4.79 Å². The van der Waals surface area contributed by atoms with Gasteiger partial charge in [-0.15, -0.1) is 0 Å². The predicted molar refractivity (Wildman–Crippen MR) is 66.0 cm³/mol. The molecule has 1 aromatic carbocycles. The van der Waals surface area contributed by atoms with Crippen molar-refractivity contribution in [3.63, 3.8) is 0 Å². The number of rotatable bonds is 3. The van der Waals surface area contributed by atoms with E-state index in [1.54, 1.807) is 6.07 Å². The van der Waals surface area contributed by atoms with Crippen molar-refractivity contribution in [2.24, 2.45) is 0 Å². The molecule has 0 aliphatic rings. The SMILES string of the molecule is CNc1cccc(NC(=O)c2ccncn2)c1. The highest BCUT2D eigenvalue weighted by Crippen LogP contribution is 2.14. The number of hydrogen-bond donors (Lipinski definition) is 2. The highest BCUT2D eigenvalue weighted by molar-refractivity contribution is 6.02. The maximum atomic E-state index is 11.8. The zero-order valence-electron chi connectivity index (χ0n) is 9.34. The summed E-state index contributed by atoms with van der Waals surface area (Å²) in [6, 6.07) is 9.01. The van der Waals surface area contributed by atoms with Crippen LogP contribution in [0.4, 0.5) is 11.4 Å². The number of benzene rings is 1. The van der Waals surface area contributed by atoms with Gasteiger partial charge in [0.25, 0.3) is 5.91 Å². The maximum absolute atomic E-state index is 11.8. The summed E-state index contributed by atoms with van der Waals surface area (Å²) in [6.45, 7) is 0. The van der Waals surface area contributed by atoms with E-state index in [4.69, 9.17) is 0 Å². The Hall–Kier alpha value is -2.43. The van der Waals surface area contributed by atoms with E-state index in [9.17, 15) is 4.79 Å². The Morgan fingerprint density at radius 2 is 2.06 bits per heavy atom. The Morgan fingerprint density at radius 1 is 1.24 bits per heavy atom. The van der Waals surface area contributed by atoms with Crippen molar-refractivity contribution in [2.45, 2.75) is 0 Å². The number of hydrogen-bond acceptors (Lipinski definition) is 4. The van der Waals surface area contributed by atoms with Gasteiger partial charge in [0.05, 0.1) is 0 Å². The van der Waals surface area contributed by atoms with Crippen LogP contribution in [0.25, 0.3) is 0 Å². The molecule has 0 bridgehead atoms. The Morgan fingerprint density at radius 3 is 2.76 bits per heavy atom. The topological polar surface area (TPSA) is 66.9 Å². The number of nitrogens with one attached hydrogen (secondary N) is 2. The van der Waals surface area contributed by atoms with Crippen molar-refractivity contribution >= 4 is 17.3 Å². The zero-order chi connectivity index (χ0) is 12.1. The summed E-state index contributed by atoms with van der Waals surface area (Å²) >= 11 is 0. The minimum absolute atomic E-state index is 0.249. The average molecular weight is 228 g/mol. The van der Waals surface area contributed by atoms with Gasteiger partial charge < -0.3 is 10.6 Å². The van der Waals surface area contributed by atoms with Crippen LogP contribution in [0.15, 0.2) is 42.9 Å². The van der Waals surface area contributed by atoms with Gasteiger partial charge in [-0.1, -0.05) is 6.07 Å². The monoisotopic (exact) mass is 228 g/mol. The maximum Gasteiger partial charge on any atom is 0.274 e. The third-order valence-electron chi connectivity index (χ3n) is 2.22. The van der Waals surface area contributed by atoms with Crippen molar-refractivity contribution in [3.8, 4) is 0 Å². The van der Waals surface area contributed by atoms with Crippen molar-refractivity contribution < 1.29 is 4.79 Å². The lowest BCUT2D eigenvalue weighted by Crippen LogP contribution is -2.13. The van der Waals surface area contributed by atoms with E-state index in [2.05, 4.69) is 20.6 Å². The molecule has 86 valence electrons. The molecule has 1 aromatic heterocycles. The fraction of sp³-hybridized carbons (Fsp3) is 0.0833. The molecule has 0 aliphatic carbocycles. The molecule has 0 fully saturated rings. The minimum atomic E-state index is -0.249. The third-order valence-corrected chi connectivity index (χ3v) is 2.22. The van der Waals surface area contributed by atoms with Crippen LogP contribution in [0.5, 0.6) is 0 Å². The van der Waals surface area contributed by atoms with Crippen LogP contribution in [0.3, 0.4) is 0 Å². The molecule has 0 unspecified atom stereocenters. The Kier molecular flexibility index (Phi) is 3.30. The molecular weight excluding hydrogens is 216 g/mol. The quantitative estimate of drug-likeness (QED) is 0.840. The zero-order valence-corrected chi connectivity index (χ0v) is 9.34. The molecule has 1 amide bonds. The molecule has 2 rings (SSSR count). The number of aromatic nitrogens is 2. The predicted octanol–water partition coefficient (Wildman–Crippen LogP) is 1.77. The largest absolute Gasteiger partial charge is 0.388 e. The van der Waals surface area contributed by atoms with Gasteiger partial charge in [0.15, 0.2) is 0 Å². The van der Waals surface area contributed by atoms with E-state index in [0.717, 1.165) is 11.4 Å². The number of amides is 1. The molecule has 1 heterocycles. The van der Waals surface area contributed by atoms with Crippen LogP contribution < -0.4 is 10.6 Å². The molecule has 0 atom stereocenters. The normalized spacial score (nSPS) is 9.71. The smallest absolute Gasteiger partial charge is 0.274 e. The second-order valence-corrected chi connectivity index (χ2v) is 3.38. The standard InChI is InChI=1S/C12H12N4O/c1-13-9-3-2-4-10(7-9)16-12(17)11-5-6-14-8-15-11/h2-8,13H,1H3,(H,16,17). The summed E-state index contributed by atoms with van der Waals surface area (Å²) in [5, 5.41) is 5.77. The van der Waals surface area contributed by atoms with Crippen molar-refractivity contribution in [2.75, 3.05) is 17.7 Å². The highest BCUT2D eigenvalue weighted by atomic mass is 16.1. The first-order valence-corrected chi connectivity index (χ1v) is 5.15. The molecule has 0 saturated heterocycles. The Balaban J connectivity index is 2.13. The van der Waals surface area contributed by atoms with E-state index >= 15 is 0 Å². The molecule has 17 heavy (non-hydrogen) atoms. The van der Waals surface area contributed by atoms with Gasteiger partial charge in [0.2, 0.25) is 0 Å². The van der Waals surface area contributed by atoms with E-state index in [1.807, 2.05) is 31.3 Å². The first-order chi connectivity index (χ1) is 8.29. The molecule has 5 heteroatoms. The molecule has 0 aliphatic heterocycles. The lowest BCUT2D eigenvalue weighted by atomic mass is 10.2. The lowest BCUT2D eigenvalue weighted by Gasteiger charge is -2.06. The van der Waals surface area contributed by atoms with Gasteiger partial charge in [0, 0.05) is 24.6 Å². The summed E-state index contributed by atoms with van der Waals surface area (Å²) in [5.74, 6) is -0.249. The molecule has 2 aromatic rings. The van der Waals surface area contributed by atoms with Crippen molar-refractivity contribution in [1.82, 2.24) is 9.97 Å². The number of carbonyl (C=O) groups is 1. The van der Waals surface area contributed by atoms with E-state index < -0.39 is 0 Å². The fourth-order valence-electron chi connectivity index (χ4n) is 1.37.